The first-order valence-corrected chi connectivity index (χ1v) is 4.87. The molecule has 2 N–H and O–H groups in total. The van der Waals surface area contributed by atoms with Crippen molar-refractivity contribution in [1.82, 2.24) is 0 Å². The van der Waals surface area contributed by atoms with Crippen LogP contribution in [-0.4, -0.2) is 28.3 Å². The van der Waals surface area contributed by atoms with Crippen LogP contribution in [-0.2, 0) is 5.92 Å². The van der Waals surface area contributed by atoms with Crippen LogP contribution in [0.15, 0.2) is 0 Å². The van der Waals surface area contributed by atoms with Crippen LogP contribution in [0.1, 0.15) is 26.3 Å². The van der Waals surface area contributed by atoms with Gasteiger partial charge in [-0.05, 0) is 0 Å². The molecule has 0 amide bonds. The summed E-state index contributed by atoms with van der Waals surface area (Å²) < 4.78 is 103. The van der Waals surface area contributed by atoms with Crippen LogP contribution in [0.4, 0.5) is 35.1 Å². The average Bonchev–Trinajstić information content (AvgIpc) is 2.24. The SMILES string of the molecule is O=C(O)c1c(F)c(C(=O)O)c(F)c(C(F)(F)C(F)(F)F)c1F. The average molecular weight is 338 g/mol. The lowest BCUT2D eigenvalue weighted by Gasteiger charge is -2.22. The molecule has 0 saturated carbocycles. The summed E-state index contributed by atoms with van der Waals surface area (Å²) in [5.74, 6) is -20.4. The van der Waals surface area contributed by atoms with Gasteiger partial charge in [-0.2, -0.15) is 22.0 Å². The van der Waals surface area contributed by atoms with E-state index in [0.717, 1.165) is 0 Å². The van der Waals surface area contributed by atoms with Gasteiger partial charge in [0.05, 0.1) is 0 Å². The van der Waals surface area contributed by atoms with Crippen molar-refractivity contribution in [2.75, 3.05) is 0 Å². The Morgan fingerprint density at radius 1 is 0.727 bits per heavy atom. The van der Waals surface area contributed by atoms with Crippen molar-refractivity contribution in [3.8, 4) is 0 Å². The van der Waals surface area contributed by atoms with Gasteiger partial charge in [0, 0.05) is 0 Å². The maximum atomic E-state index is 13.5. The normalized spacial score (nSPS) is 12.4. The topological polar surface area (TPSA) is 74.6 Å². The fourth-order valence-electron chi connectivity index (χ4n) is 1.46. The summed E-state index contributed by atoms with van der Waals surface area (Å²) in [7, 11) is 0. The van der Waals surface area contributed by atoms with Crippen molar-refractivity contribution in [1.29, 1.82) is 0 Å². The summed E-state index contributed by atoms with van der Waals surface area (Å²) in [6.07, 6.45) is -6.59. The second-order valence-corrected chi connectivity index (χ2v) is 3.75. The Morgan fingerprint density at radius 3 is 1.27 bits per heavy atom. The lowest BCUT2D eigenvalue weighted by molar-refractivity contribution is -0.291. The van der Waals surface area contributed by atoms with Gasteiger partial charge in [0.1, 0.15) is 16.7 Å². The fraction of sp³-hybridized carbons (Fsp3) is 0.200. The predicted octanol–water partition coefficient (Wildman–Crippen LogP) is 3.15. The number of hydrogen-bond donors (Lipinski definition) is 2. The smallest absolute Gasteiger partial charge is 0.458 e. The molecule has 1 aromatic rings. The standard InChI is InChI=1S/C10H2F8O4/c11-4-1(7(19)20)5(12)3(6(13)2(4)8(21)22)9(14,15)10(16,17)18/h(H,19,20)(H,21,22). The third kappa shape index (κ3) is 2.44. The first kappa shape index (κ1) is 17.7. The van der Waals surface area contributed by atoms with Crippen molar-refractivity contribution in [2.24, 2.45) is 0 Å². The number of carboxylic acid groups (broad SMARTS) is 2. The van der Waals surface area contributed by atoms with Gasteiger partial charge in [-0.3, -0.25) is 0 Å². The minimum atomic E-state index is -6.59. The van der Waals surface area contributed by atoms with Crippen LogP contribution in [0.5, 0.6) is 0 Å². The molecule has 0 unspecified atom stereocenters. The van der Waals surface area contributed by atoms with Crippen LogP contribution in [0.2, 0.25) is 0 Å². The lowest BCUT2D eigenvalue weighted by atomic mass is 9.97. The van der Waals surface area contributed by atoms with E-state index in [2.05, 4.69) is 0 Å². The molecule has 1 aromatic carbocycles. The molecule has 0 heterocycles. The van der Waals surface area contributed by atoms with Gasteiger partial charge in [-0.15, -0.1) is 0 Å². The molecule has 0 saturated heterocycles. The number of hydrogen-bond acceptors (Lipinski definition) is 2. The molecule has 0 atom stereocenters. The molecule has 0 radical (unpaired) electrons. The van der Waals surface area contributed by atoms with E-state index < -0.39 is 58.2 Å². The van der Waals surface area contributed by atoms with Crippen LogP contribution >= 0.6 is 0 Å². The number of aromatic carboxylic acids is 2. The summed E-state index contributed by atoms with van der Waals surface area (Å²) in [6, 6.07) is 0. The molecule has 0 fully saturated rings. The number of benzene rings is 1. The second-order valence-electron chi connectivity index (χ2n) is 3.75. The molecule has 12 heteroatoms. The first-order chi connectivity index (χ1) is 9.75. The van der Waals surface area contributed by atoms with Crippen molar-refractivity contribution in [2.45, 2.75) is 12.1 Å². The molecule has 4 nitrogen and oxygen atoms in total. The molecule has 0 bridgehead atoms. The van der Waals surface area contributed by atoms with E-state index in [1.165, 1.54) is 0 Å². The second kappa shape index (κ2) is 5.10. The quantitative estimate of drug-likeness (QED) is 0.831. The Bertz CT molecular complexity index is 623. The maximum absolute atomic E-state index is 13.5. The zero-order valence-corrected chi connectivity index (χ0v) is 9.73. The minimum Gasteiger partial charge on any atom is -0.477 e. The third-order valence-electron chi connectivity index (χ3n) is 2.41. The Morgan fingerprint density at radius 2 is 1.05 bits per heavy atom. The molecular weight excluding hydrogens is 336 g/mol. The predicted molar refractivity (Wildman–Crippen MR) is 50.2 cm³/mol. The fourth-order valence-corrected chi connectivity index (χ4v) is 1.46. The molecule has 0 aliphatic rings. The van der Waals surface area contributed by atoms with Crippen LogP contribution < -0.4 is 0 Å². The first-order valence-electron chi connectivity index (χ1n) is 4.87. The Balaban J connectivity index is 4.04. The van der Waals surface area contributed by atoms with Gasteiger partial charge in [-0.1, -0.05) is 0 Å². The van der Waals surface area contributed by atoms with Crippen LogP contribution in [0.3, 0.4) is 0 Å². The molecule has 0 aromatic heterocycles. The highest BCUT2D eigenvalue weighted by molar-refractivity contribution is 5.95. The van der Waals surface area contributed by atoms with E-state index in [-0.39, 0.29) is 0 Å². The third-order valence-corrected chi connectivity index (χ3v) is 2.41. The van der Waals surface area contributed by atoms with E-state index in [0.29, 0.717) is 0 Å². The van der Waals surface area contributed by atoms with E-state index in [4.69, 9.17) is 10.2 Å². The number of carboxylic acids is 2. The highest BCUT2D eigenvalue weighted by Gasteiger charge is 2.62. The van der Waals surface area contributed by atoms with Gasteiger partial charge in [0.15, 0.2) is 17.5 Å². The van der Waals surface area contributed by atoms with Crippen LogP contribution in [0.25, 0.3) is 0 Å². The summed E-state index contributed by atoms with van der Waals surface area (Å²) in [5, 5.41) is 16.8. The van der Waals surface area contributed by atoms with Crippen molar-refractivity contribution >= 4 is 11.9 Å². The molecule has 1 rings (SSSR count). The highest BCUT2D eigenvalue weighted by atomic mass is 19.4. The Hall–Kier alpha value is -2.40. The molecule has 0 aliphatic heterocycles. The zero-order chi connectivity index (χ0) is 17.6. The number of alkyl halides is 5. The monoisotopic (exact) mass is 338 g/mol. The maximum Gasteiger partial charge on any atom is 0.458 e. The van der Waals surface area contributed by atoms with Gasteiger partial charge < -0.3 is 10.2 Å². The molecule has 22 heavy (non-hydrogen) atoms. The van der Waals surface area contributed by atoms with E-state index in [9.17, 15) is 44.7 Å². The van der Waals surface area contributed by atoms with Gasteiger partial charge >= 0.3 is 24.0 Å². The summed E-state index contributed by atoms with van der Waals surface area (Å²) >= 11 is 0. The van der Waals surface area contributed by atoms with Crippen molar-refractivity contribution in [3.05, 3.63) is 34.1 Å². The van der Waals surface area contributed by atoms with Crippen molar-refractivity contribution in [3.63, 3.8) is 0 Å². The minimum absolute atomic E-state index is 2.45. The molecule has 122 valence electrons. The highest BCUT2D eigenvalue weighted by Crippen LogP contribution is 2.47. The van der Waals surface area contributed by atoms with Crippen molar-refractivity contribution < 1.29 is 54.9 Å². The van der Waals surface area contributed by atoms with Gasteiger partial charge in [-0.25, -0.2) is 22.8 Å². The summed E-state index contributed by atoms with van der Waals surface area (Å²) in [4.78, 5) is 21.1. The zero-order valence-electron chi connectivity index (χ0n) is 9.73. The lowest BCUT2D eigenvalue weighted by Crippen LogP contribution is -2.37. The van der Waals surface area contributed by atoms with Gasteiger partial charge in [0.2, 0.25) is 0 Å². The van der Waals surface area contributed by atoms with E-state index in [1.807, 2.05) is 0 Å². The van der Waals surface area contributed by atoms with E-state index in [1.54, 1.807) is 0 Å². The number of carbonyl (C=O) groups is 2. The van der Waals surface area contributed by atoms with E-state index >= 15 is 0 Å². The summed E-state index contributed by atoms with van der Waals surface area (Å²) in [6.45, 7) is 0. The molecular formula is C10H2F8O4. The number of rotatable bonds is 3. The largest absolute Gasteiger partial charge is 0.477 e. The molecule has 0 aliphatic carbocycles. The Labute approximate surface area is 114 Å². The Kier molecular flexibility index (Phi) is 4.09. The van der Waals surface area contributed by atoms with Gasteiger partial charge in [0.25, 0.3) is 0 Å². The molecule has 0 spiro atoms. The van der Waals surface area contributed by atoms with Crippen LogP contribution in [0, 0.1) is 17.5 Å². The number of halogens is 8. The summed E-state index contributed by atoms with van der Waals surface area (Å²) in [5.41, 5.74) is -8.10.